The Balaban J connectivity index is 1.95. The molecule has 0 aliphatic heterocycles. The lowest BCUT2D eigenvalue weighted by Gasteiger charge is -2.09. The summed E-state index contributed by atoms with van der Waals surface area (Å²) in [7, 11) is 0. The smallest absolute Gasteiger partial charge is 0.277 e. The SMILES string of the molecule is CCC/C(=N\NC(=O)COc1ccc(Br)cc1Br)c1ccccc1. The number of hydrazone groups is 1. The molecule has 126 valence electrons. The van der Waals surface area contributed by atoms with Gasteiger partial charge in [0, 0.05) is 4.47 Å². The van der Waals surface area contributed by atoms with Gasteiger partial charge < -0.3 is 4.74 Å². The van der Waals surface area contributed by atoms with Crippen LogP contribution in [0.5, 0.6) is 5.75 Å². The molecule has 0 radical (unpaired) electrons. The summed E-state index contributed by atoms with van der Waals surface area (Å²) in [5.74, 6) is 0.309. The van der Waals surface area contributed by atoms with Gasteiger partial charge in [0.25, 0.3) is 5.91 Å². The van der Waals surface area contributed by atoms with Gasteiger partial charge in [-0.05, 0) is 46.1 Å². The fourth-order valence-electron chi connectivity index (χ4n) is 2.03. The molecule has 24 heavy (non-hydrogen) atoms. The maximum Gasteiger partial charge on any atom is 0.277 e. The number of hydrogen-bond acceptors (Lipinski definition) is 3. The lowest BCUT2D eigenvalue weighted by molar-refractivity contribution is -0.123. The standard InChI is InChI=1S/C18H18Br2N2O2/c1-2-6-16(13-7-4-3-5-8-13)21-22-18(23)12-24-17-10-9-14(19)11-15(17)20/h3-5,7-11H,2,6,12H2,1H3,(H,22,23)/b21-16+. The molecule has 0 aromatic heterocycles. The van der Waals surface area contributed by atoms with Gasteiger partial charge in [-0.15, -0.1) is 0 Å². The molecule has 1 N–H and O–H groups in total. The summed E-state index contributed by atoms with van der Waals surface area (Å²) in [6.07, 6.45) is 1.75. The number of hydrogen-bond donors (Lipinski definition) is 1. The van der Waals surface area contributed by atoms with Gasteiger partial charge in [-0.2, -0.15) is 5.10 Å². The molecule has 0 bridgehead atoms. The van der Waals surface area contributed by atoms with Crippen molar-refractivity contribution in [2.24, 2.45) is 5.10 Å². The minimum Gasteiger partial charge on any atom is -0.483 e. The number of nitrogens with one attached hydrogen (secondary N) is 1. The van der Waals surface area contributed by atoms with E-state index in [1.165, 1.54) is 0 Å². The van der Waals surface area contributed by atoms with Gasteiger partial charge in [-0.3, -0.25) is 4.79 Å². The van der Waals surface area contributed by atoms with Crippen LogP contribution >= 0.6 is 31.9 Å². The van der Waals surface area contributed by atoms with Crippen LogP contribution in [-0.4, -0.2) is 18.2 Å². The number of carbonyl (C=O) groups excluding carboxylic acids is 1. The fourth-order valence-corrected chi connectivity index (χ4v) is 3.19. The Morgan fingerprint density at radius 1 is 1.17 bits per heavy atom. The Kier molecular flexibility index (Phi) is 7.46. The van der Waals surface area contributed by atoms with Crippen molar-refractivity contribution >= 4 is 43.5 Å². The van der Waals surface area contributed by atoms with E-state index in [0.29, 0.717) is 5.75 Å². The number of nitrogens with zero attached hydrogens (tertiary/aromatic N) is 1. The summed E-state index contributed by atoms with van der Waals surface area (Å²) in [5, 5.41) is 4.25. The zero-order valence-corrected chi connectivity index (χ0v) is 16.4. The molecule has 2 aromatic carbocycles. The van der Waals surface area contributed by atoms with E-state index >= 15 is 0 Å². The van der Waals surface area contributed by atoms with Crippen LogP contribution in [0.4, 0.5) is 0 Å². The zero-order chi connectivity index (χ0) is 17.4. The van der Waals surface area contributed by atoms with Crippen LogP contribution in [0.15, 0.2) is 62.6 Å². The van der Waals surface area contributed by atoms with E-state index in [-0.39, 0.29) is 12.5 Å². The Labute approximate surface area is 158 Å². The molecule has 6 heteroatoms. The first-order valence-corrected chi connectivity index (χ1v) is 9.17. The van der Waals surface area contributed by atoms with E-state index in [2.05, 4.69) is 49.3 Å². The van der Waals surface area contributed by atoms with E-state index < -0.39 is 0 Å². The average molecular weight is 454 g/mol. The quantitative estimate of drug-likeness (QED) is 0.478. The Morgan fingerprint density at radius 2 is 1.92 bits per heavy atom. The second-order valence-corrected chi connectivity index (χ2v) is 6.84. The molecule has 4 nitrogen and oxygen atoms in total. The summed E-state index contributed by atoms with van der Waals surface area (Å²) in [6, 6.07) is 15.3. The molecule has 2 rings (SSSR count). The highest BCUT2D eigenvalue weighted by atomic mass is 79.9. The number of rotatable bonds is 7. The predicted octanol–water partition coefficient (Wildman–Crippen LogP) is 4.91. The monoisotopic (exact) mass is 452 g/mol. The lowest BCUT2D eigenvalue weighted by atomic mass is 10.1. The summed E-state index contributed by atoms with van der Waals surface area (Å²) < 4.78 is 7.22. The van der Waals surface area contributed by atoms with Crippen LogP contribution in [-0.2, 0) is 4.79 Å². The summed E-state index contributed by atoms with van der Waals surface area (Å²) >= 11 is 6.77. The first-order valence-electron chi connectivity index (χ1n) is 7.59. The second kappa shape index (κ2) is 9.59. The van der Waals surface area contributed by atoms with Crippen molar-refractivity contribution in [3.8, 4) is 5.75 Å². The van der Waals surface area contributed by atoms with E-state index in [0.717, 1.165) is 33.1 Å². The zero-order valence-electron chi connectivity index (χ0n) is 13.3. The first-order chi connectivity index (χ1) is 11.6. The van der Waals surface area contributed by atoms with Crippen LogP contribution in [0.2, 0.25) is 0 Å². The van der Waals surface area contributed by atoms with Crippen LogP contribution in [0.3, 0.4) is 0 Å². The molecule has 0 unspecified atom stereocenters. The summed E-state index contributed by atoms with van der Waals surface area (Å²) in [4.78, 5) is 12.0. The Hall–Kier alpha value is -1.66. The second-order valence-electron chi connectivity index (χ2n) is 5.07. The third-order valence-electron chi connectivity index (χ3n) is 3.16. The van der Waals surface area contributed by atoms with Crippen LogP contribution in [0.1, 0.15) is 25.3 Å². The van der Waals surface area contributed by atoms with Crippen LogP contribution in [0.25, 0.3) is 0 Å². The number of halogens is 2. The number of benzene rings is 2. The first kappa shape index (κ1) is 18.7. The van der Waals surface area contributed by atoms with Gasteiger partial charge in [0.1, 0.15) is 5.75 Å². The van der Waals surface area contributed by atoms with E-state index in [1.54, 1.807) is 6.07 Å². The maximum absolute atomic E-state index is 12.0. The van der Waals surface area contributed by atoms with Crippen molar-refractivity contribution in [1.29, 1.82) is 0 Å². The molecule has 0 fully saturated rings. The molecular formula is C18H18Br2N2O2. The van der Waals surface area contributed by atoms with E-state index in [1.807, 2.05) is 42.5 Å². The summed E-state index contributed by atoms with van der Waals surface area (Å²) in [6.45, 7) is 1.98. The molecule has 0 saturated heterocycles. The van der Waals surface area contributed by atoms with Crippen molar-refractivity contribution in [3.63, 3.8) is 0 Å². The average Bonchev–Trinajstić information content (AvgIpc) is 2.58. The third-order valence-corrected chi connectivity index (χ3v) is 4.28. The van der Waals surface area contributed by atoms with Gasteiger partial charge in [-0.1, -0.05) is 59.6 Å². The van der Waals surface area contributed by atoms with Crippen molar-refractivity contribution in [3.05, 3.63) is 63.0 Å². The van der Waals surface area contributed by atoms with Gasteiger partial charge in [0.2, 0.25) is 0 Å². The lowest BCUT2D eigenvalue weighted by Crippen LogP contribution is -2.26. The van der Waals surface area contributed by atoms with Crippen molar-refractivity contribution in [1.82, 2.24) is 5.43 Å². The maximum atomic E-state index is 12.0. The van der Waals surface area contributed by atoms with E-state index in [9.17, 15) is 4.79 Å². The number of amides is 1. The molecule has 0 saturated carbocycles. The van der Waals surface area contributed by atoms with Crippen molar-refractivity contribution in [2.45, 2.75) is 19.8 Å². The molecule has 0 aliphatic carbocycles. The van der Waals surface area contributed by atoms with Crippen molar-refractivity contribution < 1.29 is 9.53 Å². The molecule has 1 amide bonds. The predicted molar refractivity (Wildman–Crippen MR) is 103 cm³/mol. The van der Waals surface area contributed by atoms with Crippen LogP contribution in [0, 0.1) is 0 Å². The molecule has 0 heterocycles. The van der Waals surface area contributed by atoms with E-state index in [4.69, 9.17) is 4.74 Å². The van der Waals surface area contributed by atoms with Gasteiger partial charge in [0.15, 0.2) is 6.61 Å². The normalized spacial score (nSPS) is 11.2. The van der Waals surface area contributed by atoms with Crippen LogP contribution < -0.4 is 10.2 Å². The molecule has 0 spiro atoms. The minimum atomic E-state index is -0.297. The molecule has 0 atom stereocenters. The number of ether oxygens (including phenoxy) is 1. The van der Waals surface area contributed by atoms with Gasteiger partial charge in [0.05, 0.1) is 10.2 Å². The highest BCUT2D eigenvalue weighted by Gasteiger charge is 2.07. The van der Waals surface area contributed by atoms with Gasteiger partial charge in [-0.25, -0.2) is 5.43 Å². The van der Waals surface area contributed by atoms with Gasteiger partial charge >= 0.3 is 0 Å². The largest absolute Gasteiger partial charge is 0.483 e. The highest BCUT2D eigenvalue weighted by molar-refractivity contribution is 9.11. The fraction of sp³-hybridized carbons (Fsp3) is 0.222. The summed E-state index contributed by atoms with van der Waals surface area (Å²) in [5.41, 5.74) is 4.43. The third kappa shape index (κ3) is 5.76. The highest BCUT2D eigenvalue weighted by Crippen LogP contribution is 2.28. The minimum absolute atomic E-state index is 0.0993. The van der Waals surface area contributed by atoms with Crippen molar-refractivity contribution in [2.75, 3.05) is 6.61 Å². The topological polar surface area (TPSA) is 50.7 Å². The Bertz CT molecular complexity index is 718. The molecule has 0 aliphatic rings. The Morgan fingerprint density at radius 3 is 2.58 bits per heavy atom. The molecule has 2 aromatic rings. The number of carbonyl (C=O) groups is 1. The molecular weight excluding hydrogens is 436 g/mol.